The van der Waals surface area contributed by atoms with E-state index >= 15 is 0 Å². The van der Waals surface area contributed by atoms with Gasteiger partial charge in [-0.25, -0.2) is 14.6 Å². The van der Waals surface area contributed by atoms with E-state index < -0.39 is 0 Å². The molecule has 0 aromatic carbocycles. The largest absolute Gasteiger partial charge is 0.497 e. The number of pyridine rings is 1. The van der Waals surface area contributed by atoms with E-state index in [-0.39, 0.29) is 0 Å². The van der Waals surface area contributed by atoms with E-state index in [1.54, 1.807) is 19.6 Å². The van der Waals surface area contributed by atoms with E-state index in [9.17, 15) is 0 Å². The molecule has 0 saturated carbocycles. The number of aromatic nitrogens is 7. The van der Waals surface area contributed by atoms with Crippen LogP contribution in [0.3, 0.4) is 0 Å². The van der Waals surface area contributed by atoms with Gasteiger partial charge in [0.1, 0.15) is 11.4 Å². The molecule has 0 saturated heterocycles. The zero-order valence-corrected chi connectivity index (χ0v) is 15.1. The van der Waals surface area contributed by atoms with Crippen LogP contribution in [0, 0.1) is 0 Å². The second-order valence-electron chi connectivity index (χ2n) is 6.19. The molecule has 8 heteroatoms. The molecule has 4 aromatic heterocycles. The number of methoxy groups -OCH3 is 1. The highest BCUT2D eigenvalue weighted by atomic mass is 16.5. The number of ether oxygens (including phenoxy) is 1. The van der Waals surface area contributed by atoms with Crippen molar-refractivity contribution in [1.82, 2.24) is 34.3 Å². The lowest BCUT2D eigenvalue weighted by Gasteiger charge is -2.02. The standard InChI is InChI=1S/C18H21N7O/c1-4-5-8-25-18(14-10-15-17(21-14)20-11-24(15)2)22-16(23-25)13-9-12(26-3)6-7-19-13/h6-7,9-11,21H,4-5,8H2,1-3H3. The molecule has 0 bridgehead atoms. The van der Waals surface area contributed by atoms with Gasteiger partial charge in [0, 0.05) is 25.9 Å². The molecule has 0 fully saturated rings. The first-order valence-electron chi connectivity index (χ1n) is 8.65. The zero-order chi connectivity index (χ0) is 18.1. The van der Waals surface area contributed by atoms with Crippen LogP contribution in [0.1, 0.15) is 19.8 Å². The molecule has 26 heavy (non-hydrogen) atoms. The number of rotatable bonds is 6. The number of aromatic amines is 1. The van der Waals surface area contributed by atoms with Crippen LogP contribution in [0.25, 0.3) is 34.2 Å². The highest BCUT2D eigenvalue weighted by Gasteiger charge is 2.17. The molecule has 8 nitrogen and oxygen atoms in total. The van der Waals surface area contributed by atoms with Gasteiger partial charge in [0.05, 0.1) is 24.6 Å². The van der Waals surface area contributed by atoms with E-state index in [1.807, 2.05) is 28.4 Å². The highest BCUT2D eigenvalue weighted by Crippen LogP contribution is 2.25. The lowest BCUT2D eigenvalue weighted by atomic mass is 10.3. The van der Waals surface area contributed by atoms with Crippen molar-refractivity contribution in [2.24, 2.45) is 7.05 Å². The third-order valence-corrected chi connectivity index (χ3v) is 4.35. The summed E-state index contributed by atoms with van der Waals surface area (Å²) in [5.74, 6) is 2.11. The molecule has 0 unspecified atom stereocenters. The second kappa shape index (κ2) is 6.62. The number of nitrogens with zero attached hydrogens (tertiary/aromatic N) is 6. The first kappa shape index (κ1) is 16.3. The van der Waals surface area contributed by atoms with Gasteiger partial charge in [0.2, 0.25) is 5.82 Å². The fraction of sp³-hybridized carbons (Fsp3) is 0.333. The van der Waals surface area contributed by atoms with Crippen LogP contribution in [0.5, 0.6) is 5.75 Å². The summed E-state index contributed by atoms with van der Waals surface area (Å²) in [5.41, 5.74) is 3.46. The number of nitrogens with one attached hydrogen (secondary N) is 1. The summed E-state index contributed by atoms with van der Waals surface area (Å²) in [6.45, 7) is 2.96. The van der Waals surface area contributed by atoms with Crippen LogP contribution < -0.4 is 4.74 Å². The van der Waals surface area contributed by atoms with Gasteiger partial charge in [-0.3, -0.25) is 4.98 Å². The fourth-order valence-electron chi connectivity index (χ4n) is 2.90. The van der Waals surface area contributed by atoms with Gasteiger partial charge >= 0.3 is 0 Å². The Kier molecular flexibility index (Phi) is 4.16. The minimum atomic E-state index is 0.585. The van der Waals surface area contributed by atoms with Crippen molar-refractivity contribution in [2.45, 2.75) is 26.3 Å². The third-order valence-electron chi connectivity index (χ3n) is 4.35. The molecular formula is C18H21N7O. The van der Waals surface area contributed by atoms with Crippen molar-refractivity contribution in [1.29, 1.82) is 0 Å². The summed E-state index contributed by atoms with van der Waals surface area (Å²) in [6.07, 6.45) is 5.60. The van der Waals surface area contributed by atoms with Crippen LogP contribution >= 0.6 is 0 Å². The highest BCUT2D eigenvalue weighted by molar-refractivity contribution is 5.79. The zero-order valence-electron chi connectivity index (χ0n) is 15.1. The predicted octanol–water partition coefficient (Wildman–Crippen LogP) is 3.03. The van der Waals surface area contributed by atoms with Crippen molar-refractivity contribution in [3.8, 4) is 28.8 Å². The van der Waals surface area contributed by atoms with E-state index in [4.69, 9.17) is 9.72 Å². The molecular weight excluding hydrogens is 330 g/mol. The Morgan fingerprint density at radius 2 is 2.12 bits per heavy atom. The Hall–Kier alpha value is -3.16. The Labute approximate surface area is 150 Å². The summed E-state index contributed by atoms with van der Waals surface area (Å²) in [6, 6.07) is 5.70. The smallest absolute Gasteiger partial charge is 0.200 e. The number of unbranched alkanes of at least 4 members (excludes halogenated alkanes) is 1. The number of H-pyrrole nitrogens is 1. The van der Waals surface area contributed by atoms with Crippen LogP contribution in [0.2, 0.25) is 0 Å². The molecule has 0 aliphatic carbocycles. The van der Waals surface area contributed by atoms with Gasteiger partial charge in [-0.05, 0) is 18.6 Å². The monoisotopic (exact) mass is 351 g/mol. The summed E-state index contributed by atoms with van der Waals surface area (Å²) < 4.78 is 9.20. The van der Waals surface area contributed by atoms with Crippen LogP contribution in [-0.4, -0.2) is 41.4 Å². The Balaban J connectivity index is 1.80. The average molecular weight is 351 g/mol. The van der Waals surface area contributed by atoms with Crippen LogP contribution in [0.15, 0.2) is 30.7 Å². The molecule has 4 rings (SSSR count). The van der Waals surface area contributed by atoms with Gasteiger partial charge in [-0.15, -0.1) is 5.10 Å². The topological polar surface area (TPSA) is 86.4 Å². The Morgan fingerprint density at radius 3 is 2.88 bits per heavy atom. The maximum atomic E-state index is 5.29. The minimum absolute atomic E-state index is 0.585. The van der Waals surface area contributed by atoms with Crippen molar-refractivity contribution >= 4 is 11.2 Å². The average Bonchev–Trinajstić information content (AvgIpc) is 3.35. The molecule has 0 radical (unpaired) electrons. The fourth-order valence-corrected chi connectivity index (χ4v) is 2.90. The molecule has 0 spiro atoms. The first-order valence-corrected chi connectivity index (χ1v) is 8.65. The summed E-state index contributed by atoms with van der Waals surface area (Å²) >= 11 is 0. The van der Waals surface area contributed by atoms with Crippen molar-refractivity contribution in [3.05, 3.63) is 30.7 Å². The quantitative estimate of drug-likeness (QED) is 0.577. The van der Waals surface area contributed by atoms with E-state index in [2.05, 4.69) is 33.0 Å². The first-order chi connectivity index (χ1) is 12.7. The van der Waals surface area contributed by atoms with Gasteiger partial charge in [0.15, 0.2) is 11.5 Å². The van der Waals surface area contributed by atoms with Gasteiger partial charge in [-0.1, -0.05) is 13.3 Å². The lowest BCUT2D eigenvalue weighted by molar-refractivity contribution is 0.414. The second-order valence-corrected chi connectivity index (χ2v) is 6.19. The van der Waals surface area contributed by atoms with Gasteiger partial charge in [0.25, 0.3) is 0 Å². The number of hydrogen-bond acceptors (Lipinski definition) is 5. The molecule has 0 aliphatic heterocycles. The van der Waals surface area contributed by atoms with Gasteiger partial charge < -0.3 is 14.3 Å². The molecule has 134 valence electrons. The third kappa shape index (κ3) is 2.83. The molecule has 0 aliphatic rings. The Morgan fingerprint density at radius 1 is 1.23 bits per heavy atom. The molecule has 4 aromatic rings. The summed E-state index contributed by atoms with van der Waals surface area (Å²) in [4.78, 5) is 16.8. The SMILES string of the molecule is CCCCn1nc(-c2cc(OC)ccn2)nc1-c1cc2c(ncn2C)[nH]1. The molecule has 0 atom stereocenters. The number of hydrogen-bond donors (Lipinski definition) is 1. The summed E-state index contributed by atoms with van der Waals surface area (Å²) in [7, 11) is 3.61. The maximum Gasteiger partial charge on any atom is 0.200 e. The maximum absolute atomic E-state index is 5.29. The van der Waals surface area contributed by atoms with Crippen molar-refractivity contribution in [2.75, 3.05) is 7.11 Å². The van der Waals surface area contributed by atoms with E-state index in [1.165, 1.54) is 0 Å². The lowest BCUT2D eigenvalue weighted by Crippen LogP contribution is -2.03. The van der Waals surface area contributed by atoms with E-state index in [0.29, 0.717) is 11.5 Å². The number of imidazole rings is 1. The van der Waals surface area contributed by atoms with Crippen LogP contribution in [0.4, 0.5) is 0 Å². The molecule has 4 heterocycles. The normalized spacial score (nSPS) is 11.3. The Bertz CT molecular complexity index is 1040. The predicted molar refractivity (Wildman–Crippen MR) is 98.8 cm³/mol. The van der Waals surface area contributed by atoms with Crippen molar-refractivity contribution in [3.63, 3.8) is 0 Å². The number of fused-ring (bicyclic) bond motifs is 1. The number of aryl methyl sites for hydroxylation is 2. The minimum Gasteiger partial charge on any atom is -0.497 e. The van der Waals surface area contributed by atoms with Crippen LogP contribution in [-0.2, 0) is 13.6 Å². The van der Waals surface area contributed by atoms with Gasteiger partial charge in [-0.2, -0.15) is 0 Å². The van der Waals surface area contributed by atoms with Crippen molar-refractivity contribution < 1.29 is 4.74 Å². The molecule has 1 N–H and O–H groups in total. The van der Waals surface area contributed by atoms with E-state index in [0.717, 1.165) is 47.8 Å². The molecule has 0 amide bonds. The summed E-state index contributed by atoms with van der Waals surface area (Å²) in [5, 5.41) is 4.69.